The molecule has 8 rings (SSSR count). The summed E-state index contributed by atoms with van der Waals surface area (Å²) in [5, 5.41) is 82.8. The van der Waals surface area contributed by atoms with E-state index in [-0.39, 0.29) is 55.7 Å². The van der Waals surface area contributed by atoms with Gasteiger partial charge in [0.1, 0.15) is 11.9 Å². The maximum atomic E-state index is 12.7. The number of dihydropyridines is 1. The molecule has 0 amide bonds. The molecule has 5 aliphatic rings. The van der Waals surface area contributed by atoms with Gasteiger partial charge in [0.15, 0.2) is 11.5 Å². The Hall–Kier alpha value is -3.88. The molecular weight excluding hydrogens is 911 g/mol. The summed E-state index contributed by atoms with van der Waals surface area (Å²) in [5.74, 6) is 7.61. The average Bonchev–Trinajstić information content (AvgIpc) is 3.81. The number of rotatable bonds is 14. The number of fused-ring (bicyclic) bond motifs is 5. The zero-order valence-electron chi connectivity index (χ0n) is 39.8. The summed E-state index contributed by atoms with van der Waals surface area (Å²) < 4.78 is 13.3. The minimum Gasteiger partial charge on any atom is -0.504 e. The number of nitrogens with two attached hydrogens (primary N) is 1. The molecule has 12 atom stereocenters. The van der Waals surface area contributed by atoms with Crippen LogP contribution in [0.4, 0.5) is 0 Å². The van der Waals surface area contributed by atoms with Gasteiger partial charge in [-0.1, -0.05) is 88.4 Å². The largest absolute Gasteiger partial charge is 0.504 e. The lowest BCUT2D eigenvalue weighted by atomic mass is 9.70. The third-order valence-electron chi connectivity index (χ3n) is 15.5. The molecule has 1 saturated heterocycles. The van der Waals surface area contributed by atoms with Crippen molar-refractivity contribution in [3.8, 4) is 23.3 Å². The van der Waals surface area contributed by atoms with Crippen molar-refractivity contribution in [1.82, 2.24) is 10.3 Å². The van der Waals surface area contributed by atoms with E-state index in [1.807, 2.05) is 42.6 Å². The molecule has 3 aliphatic carbocycles. The Balaban J connectivity index is 1.18. The molecule has 0 saturated carbocycles. The number of benzene rings is 2. The minimum absolute atomic E-state index is 0.0317. The fourth-order valence-corrected chi connectivity index (χ4v) is 14.3. The third-order valence-corrected chi connectivity index (χ3v) is 17.9. The molecule has 374 valence electrons. The first-order valence-electron chi connectivity index (χ1n) is 25.1. The molecule has 0 unspecified atom stereocenters. The van der Waals surface area contributed by atoms with Crippen LogP contribution in [0.2, 0.25) is 0 Å². The second-order valence-electron chi connectivity index (χ2n) is 19.9. The number of aromatic nitrogens is 1. The monoisotopic (exact) mass is 983 g/mol. The smallest absolute Gasteiger partial charge is 0.161 e. The van der Waals surface area contributed by atoms with E-state index >= 15 is 0 Å². The van der Waals surface area contributed by atoms with Gasteiger partial charge in [0.05, 0.1) is 37.6 Å². The lowest BCUT2D eigenvalue weighted by Gasteiger charge is -2.37. The number of allylic oxidation sites excluding steroid dienone is 3. The minimum atomic E-state index is -1.07. The van der Waals surface area contributed by atoms with Gasteiger partial charge in [0.25, 0.3) is 0 Å². The van der Waals surface area contributed by atoms with Crippen LogP contribution in [-0.2, 0) is 24.0 Å². The van der Waals surface area contributed by atoms with Crippen LogP contribution < -0.4 is 15.8 Å². The van der Waals surface area contributed by atoms with Crippen molar-refractivity contribution in [2.24, 2.45) is 40.7 Å². The van der Waals surface area contributed by atoms with Crippen LogP contribution in [0.5, 0.6) is 11.5 Å². The van der Waals surface area contributed by atoms with Crippen molar-refractivity contribution in [2.75, 3.05) is 44.5 Å². The van der Waals surface area contributed by atoms with Crippen molar-refractivity contribution >= 4 is 21.6 Å². The molecule has 0 bridgehead atoms. The first kappa shape index (κ1) is 51.5. The van der Waals surface area contributed by atoms with Crippen molar-refractivity contribution in [3.05, 3.63) is 118 Å². The van der Waals surface area contributed by atoms with Crippen LogP contribution in [0.1, 0.15) is 86.6 Å². The van der Waals surface area contributed by atoms with Gasteiger partial charge < -0.3 is 61.3 Å². The van der Waals surface area contributed by atoms with Gasteiger partial charge in [-0.05, 0) is 129 Å². The topological polar surface area (TPSA) is 214 Å². The number of aromatic hydroxyl groups is 1. The van der Waals surface area contributed by atoms with Gasteiger partial charge in [0, 0.05) is 77.8 Å². The van der Waals surface area contributed by atoms with Gasteiger partial charge in [-0.25, -0.2) is 0 Å². The van der Waals surface area contributed by atoms with Gasteiger partial charge in [-0.2, -0.15) is 0 Å². The number of aryl methyl sites for hydroxylation is 1. The van der Waals surface area contributed by atoms with Crippen LogP contribution in [0.25, 0.3) is 0 Å². The van der Waals surface area contributed by atoms with Gasteiger partial charge in [0.2, 0.25) is 0 Å². The van der Waals surface area contributed by atoms with Crippen molar-refractivity contribution in [3.63, 3.8) is 0 Å². The van der Waals surface area contributed by atoms with E-state index in [9.17, 15) is 35.7 Å². The van der Waals surface area contributed by atoms with Gasteiger partial charge >= 0.3 is 0 Å². The van der Waals surface area contributed by atoms with Crippen LogP contribution >= 0.6 is 21.6 Å². The Morgan fingerprint density at radius 2 is 1.78 bits per heavy atom. The molecule has 12 nitrogen and oxygen atoms in total. The number of hydrogen-bond donors (Lipinski definition) is 10. The first-order valence-corrected chi connectivity index (χ1v) is 27.6. The highest BCUT2D eigenvalue weighted by atomic mass is 33.1. The maximum Gasteiger partial charge on any atom is 0.161 e. The fraction of sp³-hybridized carbons (Fsp3) is 0.564. The summed E-state index contributed by atoms with van der Waals surface area (Å²) in [7, 11) is 3.24. The molecule has 3 heterocycles. The zero-order chi connectivity index (χ0) is 48.5. The highest BCUT2D eigenvalue weighted by molar-refractivity contribution is 8.76. The SMILES string of the molecule is CC[C@H]1Cc2cc(O)c(O[C@H]3C[C@@H](Cc4ccc[nH]4)C4=CCNC(N)=C4CSSC[C@H](CO)[C@@H]3O)cc2[C@H]2C[C@@H](O)[C@H]3[C@@H](OCCO)CC[C@H](O)C[C@@](CCO)(CCc4ccccc4)C#C[C@H]3C=C12. The molecule has 11 N–H and O–H groups in total. The van der Waals surface area contributed by atoms with E-state index in [1.54, 1.807) is 27.7 Å². The predicted molar refractivity (Wildman–Crippen MR) is 273 cm³/mol. The molecule has 2 aromatic carbocycles. The number of H-pyrrole nitrogens is 1. The average molecular weight is 984 g/mol. The second-order valence-corrected chi connectivity index (χ2v) is 22.4. The molecule has 0 radical (unpaired) electrons. The zero-order valence-corrected chi connectivity index (χ0v) is 41.5. The molecule has 1 fully saturated rings. The first-order chi connectivity index (χ1) is 33.5. The summed E-state index contributed by atoms with van der Waals surface area (Å²) in [6.07, 6.45) is 8.27. The lowest BCUT2D eigenvalue weighted by molar-refractivity contribution is -0.0654. The molecule has 1 aromatic heterocycles. The fourth-order valence-electron chi connectivity index (χ4n) is 11.8. The van der Waals surface area contributed by atoms with E-state index in [0.717, 1.165) is 40.8 Å². The molecular formula is C55H73N3O9S2. The molecule has 14 heteroatoms. The molecule has 2 aliphatic heterocycles. The predicted octanol–water partition coefficient (Wildman–Crippen LogP) is 6.30. The second kappa shape index (κ2) is 24.0. The number of aliphatic hydroxyl groups excluding tert-OH is 6. The van der Waals surface area contributed by atoms with Crippen LogP contribution in [0.15, 0.2) is 95.5 Å². The molecule has 3 aromatic rings. The lowest BCUT2D eigenvalue weighted by Crippen LogP contribution is -2.42. The quantitative estimate of drug-likeness (QED) is 0.0489. The number of aromatic amines is 1. The number of phenolic OH excluding ortho intramolecular Hbond substituents is 1. The van der Waals surface area contributed by atoms with Crippen LogP contribution in [0.3, 0.4) is 0 Å². The van der Waals surface area contributed by atoms with E-state index in [0.29, 0.717) is 81.7 Å². The van der Waals surface area contributed by atoms with Gasteiger partial charge in [-0.15, -0.1) is 0 Å². The van der Waals surface area contributed by atoms with E-state index in [4.69, 9.17) is 15.2 Å². The third kappa shape index (κ3) is 12.3. The normalized spacial score (nSPS) is 31.9. The summed E-state index contributed by atoms with van der Waals surface area (Å²) in [5.41, 5.74) is 13.4. The Bertz CT molecular complexity index is 2310. The standard InChI is InChI=1S/C55H73N3O9S2/c1-2-35-23-37-26-47(63)50(67-51-27-38(24-40-9-6-18-57-40)42-14-19-58-54(56)46(42)33-69-68-32-39(31-61)53(51)65)29-44(37)45-28-48(64)52-36(25-43(35)45)13-16-55(17-20-59,15-12-34-7-4-3-5-8-34)30-41(62)10-11-49(52)66-22-21-60/h3-9,14,18,25-26,29,35-36,38-39,41,45,48-49,51-53,57-65H,2,10-12,15,17,19-24,27-28,30-33,56H2,1H3/t35-,36-,38+,39-,41-,45-,48+,49-,51-,52-,53-,55-/m0/s1. The van der Waals surface area contributed by atoms with Crippen molar-refractivity contribution in [1.29, 1.82) is 0 Å². The molecule has 69 heavy (non-hydrogen) atoms. The molecule has 0 spiro atoms. The Labute approximate surface area is 415 Å². The van der Waals surface area contributed by atoms with E-state index in [1.165, 1.54) is 11.1 Å². The van der Waals surface area contributed by atoms with Crippen LogP contribution in [-0.4, -0.2) is 116 Å². The maximum absolute atomic E-state index is 12.7. The highest BCUT2D eigenvalue weighted by Crippen LogP contribution is 2.51. The van der Waals surface area contributed by atoms with Gasteiger partial charge in [-0.3, -0.25) is 0 Å². The Kier molecular flexibility index (Phi) is 17.9. The number of aliphatic hydroxyl groups is 6. The van der Waals surface area contributed by atoms with Crippen LogP contribution in [0, 0.1) is 46.8 Å². The Morgan fingerprint density at radius 3 is 2.54 bits per heavy atom. The van der Waals surface area contributed by atoms with Crippen molar-refractivity contribution in [2.45, 2.75) is 114 Å². The number of ether oxygens (including phenoxy) is 2. The Morgan fingerprint density at radius 1 is 0.942 bits per heavy atom. The highest BCUT2D eigenvalue weighted by Gasteiger charge is 2.45. The van der Waals surface area contributed by atoms with E-state index < -0.39 is 53.7 Å². The van der Waals surface area contributed by atoms with Crippen molar-refractivity contribution < 1.29 is 45.2 Å². The summed E-state index contributed by atoms with van der Waals surface area (Å²) >= 11 is 0. The summed E-state index contributed by atoms with van der Waals surface area (Å²) in [4.78, 5) is 3.36. The number of hydrogen-bond acceptors (Lipinski definition) is 13. The number of nitrogens with one attached hydrogen (secondary N) is 2. The van der Waals surface area contributed by atoms with E-state index in [2.05, 4.69) is 53.4 Å². The summed E-state index contributed by atoms with van der Waals surface area (Å²) in [6.45, 7) is 2.33. The summed E-state index contributed by atoms with van der Waals surface area (Å²) in [6, 6.07) is 17.9. The number of phenols is 1.